The van der Waals surface area contributed by atoms with Crippen molar-refractivity contribution in [3.05, 3.63) is 11.6 Å². The van der Waals surface area contributed by atoms with Crippen LogP contribution in [0.2, 0.25) is 0 Å². The second-order valence-electron chi connectivity index (χ2n) is 7.70. The van der Waals surface area contributed by atoms with Crippen LogP contribution in [0.1, 0.15) is 84.0 Å². The first-order chi connectivity index (χ1) is 12.2. The molecule has 4 heteroatoms. The van der Waals surface area contributed by atoms with E-state index in [4.69, 9.17) is 0 Å². The molecule has 2 rings (SSSR count). The summed E-state index contributed by atoms with van der Waals surface area (Å²) in [7, 11) is 0. The summed E-state index contributed by atoms with van der Waals surface area (Å²) in [6.07, 6.45) is 15.2. The lowest BCUT2D eigenvalue weighted by Gasteiger charge is -2.27. The van der Waals surface area contributed by atoms with E-state index in [9.17, 15) is 9.59 Å². The molecule has 0 unspecified atom stereocenters. The number of rotatable bonds is 9. The van der Waals surface area contributed by atoms with Crippen LogP contribution in [-0.4, -0.2) is 24.9 Å². The van der Waals surface area contributed by atoms with Gasteiger partial charge in [-0.25, -0.2) is 0 Å². The molecule has 0 radical (unpaired) electrons. The standard InChI is InChI=1S/C21H36N2O2/c1-2-3-7-15-22-20(24)18-10-12-19(13-11-18)21(25)23-16-14-17-8-5-4-6-9-17/h8,18-19H,2-7,9-16H2,1H3,(H,22,24)(H,23,25). The van der Waals surface area contributed by atoms with Crippen molar-refractivity contribution in [1.82, 2.24) is 10.6 Å². The second-order valence-corrected chi connectivity index (χ2v) is 7.70. The van der Waals surface area contributed by atoms with E-state index in [1.165, 1.54) is 44.1 Å². The lowest BCUT2D eigenvalue weighted by atomic mass is 9.81. The SMILES string of the molecule is CCCCCNC(=O)C1CCC(C(=O)NCCC2=CCCCC2)CC1. The topological polar surface area (TPSA) is 58.2 Å². The summed E-state index contributed by atoms with van der Waals surface area (Å²) in [4.78, 5) is 24.5. The van der Waals surface area contributed by atoms with Gasteiger partial charge in [-0.1, -0.05) is 31.4 Å². The number of amides is 2. The van der Waals surface area contributed by atoms with Crippen molar-refractivity contribution in [1.29, 1.82) is 0 Å². The molecule has 1 fully saturated rings. The Morgan fingerprint density at radius 1 is 0.960 bits per heavy atom. The zero-order chi connectivity index (χ0) is 17.9. The van der Waals surface area contributed by atoms with Crippen molar-refractivity contribution in [3.8, 4) is 0 Å². The first kappa shape index (κ1) is 20.0. The Labute approximate surface area is 153 Å². The summed E-state index contributed by atoms with van der Waals surface area (Å²) >= 11 is 0. The highest BCUT2D eigenvalue weighted by molar-refractivity contribution is 5.81. The van der Waals surface area contributed by atoms with Crippen molar-refractivity contribution in [3.63, 3.8) is 0 Å². The highest BCUT2D eigenvalue weighted by Gasteiger charge is 2.29. The summed E-state index contributed by atoms with van der Waals surface area (Å²) in [6, 6.07) is 0. The molecular formula is C21H36N2O2. The Balaban J connectivity index is 1.59. The van der Waals surface area contributed by atoms with Crippen LogP contribution in [0.3, 0.4) is 0 Å². The van der Waals surface area contributed by atoms with Crippen molar-refractivity contribution < 1.29 is 9.59 Å². The zero-order valence-electron chi connectivity index (χ0n) is 15.9. The lowest BCUT2D eigenvalue weighted by molar-refractivity contribution is -0.130. The van der Waals surface area contributed by atoms with E-state index in [2.05, 4.69) is 23.6 Å². The molecular weight excluding hydrogens is 312 g/mol. The van der Waals surface area contributed by atoms with Gasteiger partial charge < -0.3 is 10.6 Å². The molecule has 1 saturated carbocycles. The van der Waals surface area contributed by atoms with Gasteiger partial charge in [0.15, 0.2) is 0 Å². The van der Waals surface area contributed by atoms with Crippen molar-refractivity contribution in [2.24, 2.45) is 11.8 Å². The Morgan fingerprint density at radius 2 is 1.60 bits per heavy atom. The molecule has 2 N–H and O–H groups in total. The van der Waals surface area contributed by atoms with E-state index in [0.29, 0.717) is 0 Å². The molecule has 4 nitrogen and oxygen atoms in total. The predicted molar refractivity (Wildman–Crippen MR) is 102 cm³/mol. The molecule has 0 bridgehead atoms. The van der Waals surface area contributed by atoms with Crippen LogP contribution in [0.5, 0.6) is 0 Å². The Bertz CT molecular complexity index is 451. The van der Waals surface area contributed by atoms with Gasteiger partial charge >= 0.3 is 0 Å². The number of hydrogen-bond donors (Lipinski definition) is 2. The van der Waals surface area contributed by atoms with Crippen LogP contribution in [0, 0.1) is 11.8 Å². The van der Waals surface area contributed by atoms with E-state index in [1.807, 2.05) is 0 Å². The second kappa shape index (κ2) is 11.3. The summed E-state index contributed by atoms with van der Waals surface area (Å²) in [6.45, 7) is 3.73. The van der Waals surface area contributed by atoms with Gasteiger partial charge in [0.05, 0.1) is 0 Å². The summed E-state index contributed by atoms with van der Waals surface area (Å²) in [5, 5.41) is 6.17. The minimum Gasteiger partial charge on any atom is -0.356 e. The highest BCUT2D eigenvalue weighted by atomic mass is 16.2. The van der Waals surface area contributed by atoms with Crippen molar-refractivity contribution in [2.45, 2.75) is 84.0 Å². The average Bonchev–Trinajstić information content (AvgIpc) is 2.66. The highest BCUT2D eigenvalue weighted by Crippen LogP contribution is 2.29. The van der Waals surface area contributed by atoms with Gasteiger partial charge in [-0.05, 0) is 64.2 Å². The molecule has 0 saturated heterocycles. The number of nitrogens with one attached hydrogen (secondary N) is 2. The molecule has 0 spiro atoms. The quantitative estimate of drug-likeness (QED) is 0.487. The maximum atomic E-state index is 12.3. The molecule has 142 valence electrons. The van der Waals surface area contributed by atoms with Crippen LogP contribution in [0.4, 0.5) is 0 Å². The number of unbranched alkanes of at least 4 members (excludes halogenated alkanes) is 2. The molecule has 0 aromatic rings. The molecule has 25 heavy (non-hydrogen) atoms. The van der Waals surface area contributed by atoms with E-state index in [0.717, 1.165) is 51.6 Å². The van der Waals surface area contributed by atoms with E-state index >= 15 is 0 Å². The van der Waals surface area contributed by atoms with Gasteiger partial charge in [0.2, 0.25) is 11.8 Å². The third-order valence-electron chi connectivity index (χ3n) is 5.68. The van der Waals surface area contributed by atoms with E-state index < -0.39 is 0 Å². The van der Waals surface area contributed by atoms with Gasteiger partial charge in [-0.15, -0.1) is 0 Å². The maximum absolute atomic E-state index is 12.3. The third-order valence-corrected chi connectivity index (χ3v) is 5.68. The van der Waals surface area contributed by atoms with E-state index in [-0.39, 0.29) is 23.7 Å². The molecule has 2 amide bonds. The largest absolute Gasteiger partial charge is 0.356 e. The molecule has 0 heterocycles. The summed E-state index contributed by atoms with van der Waals surface area (Å²) in [5.74, 6) is 0.597. The minimum atomic E-state index is 0.101. The normalized spacial score (nSPS) is 23.6. The number of hydrogen-bond acceptors (Lipinski definition) is 2. The maximum Gasteiger partial charge on any atom is 0.223 e. The Kier molecular flexibility index (Phi) is 9.06. The first-order valence-corrected chi connectivity index (χ1v) is 10.4. The van der Waals surface area contributed by atoms with Gasteiger partial charge in [-0.2, -0.15) is 0 Å². The fourth-order valence-electron chi connectivity index (χ4n) is 3.97. The smallest absolute Gasteiger partial charge is 0.223 e. The number of carbonyl (C=O) groups excluding carboxylic acids is 2. The molecule has 2 aliphatic carbocycles. The van der Waals surface area contributed by atoms with Crippen LogP contribution < -0.4 is 10.6 Å². The molecule has 0 aromatic heterocycles. The number of carbonyl (C=O) groups is 2. The molecule has 0 aliphatic heterocycles. The van der Waals surface area contributed by atoms with Gasteiger partial charge in [0.25, 0.3) is 0 Å². The summed E-state index contributed by atoms with van der Waals surface area (Å²) < 4.78 is 0. The molecule has 0 aromatic carbocycles. The van der Waals surface area contributed by atoms with Crippen LogP contribution in [-0.2, 0) is 9.59 Å². The third kappa shape index (κ3) is 7.21. The average molecular weight is 349 g/mol. The fraction of sp³-hybridized carbons (Fsp3) is 0.810. The molecule has 2 aliphatic rings. The Morgan fingerprint density at radius 3 is 2.16 bits per heavy atom. The predicted octanol–water partition coefficient (Wildman–Crippen LogP) is 4.11. The van der Waals surface area contributed by atoms with Gasteiger partial charge in [0.1, 0.15) is 0 Å². The van der Waals surface area contributed by atoms with Gasteiger partial charge in [0, 0.05) is 24.9 Å². The summed E-state index contributed by atoms with van der Waals surface area (Å²) in [5.41, 5.74) is 1.51. The van der Waals surface area contributed by atoms with Gasteiger partial charge in [-0.3, -0.25) is 9.59 Å². The number of allylic oxidation sites excluding steroid dienone is 1. The monoisotopic (exact) mass is 348 g/mol. The Hall–Kier alpha value is -1.32. The minimum absolute atomic E-state index is 0.101. The van der Waals surface area contributed by atoms with Crippen molar-refractivity contribution in [2.75, 3.05) is 13.1 Å². The van der Waals surface area contributed by atoms with E-state index in [1.54, 1.807) is 0 Å². The van der Waals surface area contributed by atoms with Crippen molar-refractivity contribution >= 4 is 11.8 Å². The van der Waals surface area contributed by atoms with Crippen LogP contribution >= 0.6 is 0 Å². The molecule has 0 atom stereocenters. The first-order valence-electron chi connectivity index (χ1n) is 10.4. The fourth-order valence-corrected chi connectivity index (χ4v) is 3.97. The lowest BCUT2D eigenvalue weighted by Crippen LogP contribution is -2.38. The van der Waals surface area contributed by atoms with Crippen LogP contribution in [0.15, 0.2) is 11.6 Å². The van der Waals surface area contributed by atoms with Crippen LogP contribution in [0.25, 0.3) is 0 Å². The zero-order valence-corrected chi connectivity index (χ0v) is 15.9.